The fraction of sp³-hybridized carbons (Fsp3) is 0.267. The molecule has 2 aromatic rings. The molecule has 1 atom stereocenters. The van der Waals surface area contributed by atoms with Crippen LogP contribution in [0.1, 0.15) is 18.5 Å². The van der Waals surface area contributed by atoms with Gasteiger partial charge in [-0.05, 0) is 18.6 Å². The number of hydrogen-bond donors (Lipinski definition) is 1. The number of nitrogens with zero attached hydrogens (tertiary/aromatic N) is 1. The largest absolute Gasteiger partial charge is 0.496 e. The molecule has 0 spiro atoms. The van der Waals surface area contributed by atoms with Crippen molar-refractivity contribution in [2.24, 2.45) is 5.73 Å². The summed E-state index contributed by atoms with van der Waals surface area (Å²) in [4.78, 5) is 4.17. The van der Waals surface area contributed by atoms with Crippen LogP contribution in [0.3, 0.4) is 0 Å². The summed E-state index contributed by atoms with van der Waals surface area (Å²) in [5.41, 5.74) is 6.81. The molecule has 2 rings (SSSR count). The zero-order valence-electron chi connectivity index (χ0n) is 11.8. The average Bonchev–Trinajstić information content (AvgIpc) is 2.47. The fourth-order valence-electron chi connectivity index (χ4n) is 1.72. The Morgan fingerprint density at radius 3 is 2.15 bits per heavy atom. The van der Waals surface area contributed by atoms with Crippen LogP contribution in [0.15, 0.2) is 36.5 Å². The number of rotatable bonds is 5. The molecular formula is C15H18N2O3. The zero-order chi connectivity index (χ0) is 14.5. The summed E-state index contributed by atoms with van der Waals surface area (Å²) in [5, 5.41) is 0. The summed E-state index contributed by atoms with van der Waals surface area (Å²) in [5.74, 6) is 2.39. The van der Waals surface area contributed by atoms with Crippen LogP contribution in [0.2, 0.25) is 0 Å². The number of ether oxygens (including phenoxy) is 3. The molecule has 0 amide bonds. The first-order chi connectivity index (χ1) is 9.62. The summed E-state index contributed by atoms with van der Waals surface area (Å²) in [6.45, 7) is 1.91. The van der Waals surface area contributed by atoms with Gasteiger partial charge in [0.1, 0.15) is 17.2 Å². The van der Waals surface area contributed by atoms with Gasteiger partial charge in [-0.2, -0.15) is 0 Å². The van der Waals surface area contributed by atoms with Gasteiger partial charge < -0.3 is 19.9 Å². The van der Waals surface area contributed by atoms with Gasteiger partial charge in [0, 0.05) is 36.5 Å². The maximum absolute atomic E-state index is 5.84. The Morgan fingerprint density at radius 1 is 1.00 bits per heavy atom. The predicted octanol–water partition coefficient (Wildman–Crippen LogP) is 2.91. The molecule has 0 saturated carbocycles. The first kappa shape index (κ1) is 14.1. The molecule has 106 valence electrons. The summed E-state index contributed by atoms with van der Waals surface area (Å²) in [6, 6.07) is 8.92. The Kier molecular flexibility index (Phi) is 4.42. The van der Waals surface area contributed by atoms with Gasteiger partial charge in [-0.15, -0.1) is 0 Å². The number of aromatic nitrogens is 1. The van der Waals surface area contributed by atoms with Gasteiger partial charge in [0.25, 0.3) is 0 Å². The number of methoxy groups -OCH3 is 2. The number of pyridine rings is 1. The minimum absolute atomic E-state index is 0.0693. The molecular weight excluding hydrogens is 256 g/mol. The van der Waals surface area contributed by atoms with Crippen LogP contribution < -0.4 is 19.9 Å². The van der Waals surface area contributed by atoms with E-state index in [1.165, 1.54) is 0 Å². The number of hydrogen-bond acceptors (Lipinski definition) is 5. The van der Waals surface area contributed by atoms with Gasteiger partial charge >= 0.3 is 0 Å². The molecule has 5 nitrogen and oxygen atoms in total. The second-order valence-corrected chi connectivity index (χ2v) is 4.37. The van der Waals surface area contributed by atoms with Gasteiger partial charge in [0.2, 0.25) is 5.88 Å². The third-order valence-electron chi connectivity index (χ3n) is 2.83. The standard InChI is InChI=1S/C15H18N2O3/c1-10(16)11-4-5-17-15(6-11)20-14-8-12(18-2)7-13(9-14)19-3/h4-10H,16H2,1-3H3. The van der Waals surface area contributed by atoms with Crippen LogP contribution in [0.4, 0.5) is 0 Å². The van der Waals surface area contributed by atoms with Crippen molar-refractivity contribution in [2.45, 2.75) is 13.0 Å². The lowest BCUT2D eigenvalue weighted by Crippen LogP contribution is -2.05. The molecule has 20 heavy (non-hydrogen) atoms. The lowest BCUT2D eigenvalue weighted by atomic mass is 10.1. The monoisotopic (exact) mass is 274 g/mol. The maximum atomic E-state index is 5.84. The molecule has 0 radical (unpaired) electrons. The molecule has 1 aromatic heterocycles. The van der Waals surface area contributed by atoms with E-state index in [9.17, 15) is 0 Å². The maximum Gasteiger partial charge on any atom is 0.219 e. The van der Waals surface area contributed by atoms with Crippen molar-refractivity contribution in [3.63, 3.8) is 0 Å². The second kappa shape index (κ2) is 6.25. The normalized spacial score (nSPS) is 11.8. The van der Waals surface area contributed by atoms with Crippen molar-refractivity contribution in [3.8, 4) is 23.1 Å². The molecule has 2 N–H and O–H groups in total. The van der Waals surface area contributed by atoms with E-state index in [2.05, 4.69) is 4.98 Å². The highest BCUT2D eigenvalue weighted by Crippen LogP contribution is 2.30. The highest BCUT2D eigenvalue weighted by atomic mass is 16.5. The van der Waals surface area contributed by atoms with Gasteiger partial charge in [0.05, 0.1) is 14.2 Å². The van der Waals surface area contributed by atoms with Gasteiger partial charge in [-0.3, -0.25) is 0 Å². The molecule has 0 aliphatic heterocycles. The predicted molar refractivity (Wildman–Crippen MR) is 76.5 cm³/mol. The molecule has 5 heteroatoms. The zero-order valence-corrected chi connectivity index (χ0v) is 11.8. The minimum Gasteiger partial charge on any atom is -0.496 e. The van der Waals surface area contributed by atoms with Crippen molar-refractivity contribution in [2.75, 3.05) is 14.2 Å². The Hall–Kier alpha value is -2.27. The molecule has 0 aliphatic carbocycles. The van der Waals surface area contributed by atoms with Crippen molar-refractivity contribution in [3.05, 3.63) is 42.1 Å². The first-order valence-corrected chi connectivity index (χ1v) is 6.25. The fourth-order valence-corrected chi connectivity index (χ4v) is 1.72. The highest BCUT2D eigenvalue weighted by Gasteiger charge is 2.07. The number of nitrogens with two attached hydrogens (primary N) is 1. The van der Waals surface area contributed by atoms with E-state index in [1.54, 1.807) is 38.6 Å². The molecule has 0 saturated heterocycles. The number of benzene rings is 1. The molecule has 0 fully saturated rings. The van der Waals surface area contributed by atoms with E-state index in [-0.39, 0.29) is 6.04 Å². The van der Waals surface area contributed by atoms with Crippen LogP contribution in [-0.2, 0) is 0 Å². The summed E-state index contributed by atoms with van der Waals surface area (Å²) in [6.07, 6.45) is 1.67. The van der Waals surface area contributed by atoms with E-state index in [0.717, 1.165) is 5.56 Å². The van der Waals surface area contributed by atoms with Gasteiger partial charge in [-0.1, -0.05) is 0 Å². The van der Waals surface area contributed by atoms with Gasteiger partial charge in [0.15, 0.2) is 0 Å². The first-order valence-electron chi connectivity index (χ1n) is 6.25. The highest BCUT2D eigenvalue weighted by molar-refractivity contribution is 5.43. The van der Waals surface area contributed by atoms with Crippen LogP contribution >= 0.6 is 0 Å². The summed E-state index contributed by atoms with van der Waals surface area (Å²) >= 11 is 0. The van der Waals surface area contributed by atoms with Crippen molar-refractivity contribution >= 4 is 0 Å². The topological polar surface area (TPSA) is 66.6 Å². The van der Waals surface area contributed by atoms with Gasteiger partial charge in [-0.25, -0.2) is 4.98 Å². The lowest BCUT2D eigenvalue weighted by molar-refractivity contribution is 0.385. The van der Waals surface area contributed by atoms with E-state index >= 15 is 0 Å². The van der Waals surface area contributed by atoms with E-state index in [4.69, 9.17) is 19.9 Å². The Bertz CT molecular complexity index is 563. The third-order valence-corrected chi connectivity index (χ3v) is 2.83. The van der Waals surface area contributed by atoms with Crippen molar-refractivity contribution in [1.82, 2.24) is 4.98 Å². The van der Waals surface area contributed by atoms with E-state index < -0.39 is 0 Å². The van der Waals surface area contributed by atoms with Crippen LogP contribution in [0.25, 0.3) is 0 Å². The molecule has 0 bridgehead atoms. The van der Waals surface area contributed by atoms with Crippen molar-refractivity contribution < 1.29 is 14.2 Å². The Labute approximate surface area is 118 Å². The minimum atomic E-state index is -0.0693. The molecule has 1 aromatic carbocycles. The quantitative estimate of drug-likeness (QED) is 0.908. The Morgan fingerprint density at radius 2 is 1.60 bits per heavy atom. The van der Waals surface area contributed by atoms with E-state index in [1.807, 2.05) is 19.1 Å². The third kappa shape index (κ3) is 3.39. The second-order valence-electron chi connectivity index (χ2n) is 4.37. The molecule has 0 aliphatic rings. The average molecular weight is 274 g/mol. The molecule has 1 unspecified atom stereocenters. The van der Waals surface area contributed by atoms with Crippen LogP contribution in [0, 0.1) is 0 Å². The lowest BCUT2D eigenvalue weighted by Gasteiger charge is -2.11. The molecule has 1 heterocycles. The smallest absolute Gasteiger partial charge is 0.219 e. The SMILES string of the molecule is COc1cc(OC)cc(Oc2cc(C(C)N)ccn2)c1. The summed E-state index contributed by atoms with van der Waals surface area (Å²) < 4.78 is 16.1. The summed E-state index contributed by atoms with van der Waals surface area (Å²) in [7, 11) is 3.18. The van der Waals surface area contributed by atoms with Crippen molar-refractivity contribution in [1.29, 1.82) is 0 Å². The van der Waals surface area contributed by atoms with Crippen LogP contribution in [-0.4, -0.2) is 19.2 Å². The van der Waals surface area contributed by atoms with Crippen LogP contribution in [0.5, 0.6) is 23.1 Å². The van der Waals surface area contributed by atoms with E-state index in [0.29, 0.717) is 23.1 Å². The Balaban J connectivity index is 2.27.